The van der Waals surface area contributed by atoms with Crippen LogP contribution in [-0.4, -0.2) is 25.8 Å². The molecule has 1 heterocycles. The van der Waals surface area contributed by atoms with Crippen LogP contribution in [0.1, 0.15) is 21.7 Å². The molecule has 0 aliphatic rings. The van der Waals surface area contributed by atoms with Gasteiger partial charge in [0.1, 0.15) is 17.1 Å². The molecule has 0 saturated carbocycles. The zero-order valence-corrected chi connectivity index (χ0v) is 13.1. The minimum Gasteiger partial charge on any atom is -0.478 e. The summed E-state index contributed by atoms with van der Waals surface area (Å²) in [6.07, 6.45) is 0. The molecule has 2 rings (SSSR count). The molecule has 0 saturated heterocycles. The quantitative estimate of drug-likeness (QED) is 0.481. The standard InChI is InChI=1S/C12H9FIN3O4/c1-5-11(12(18)19)6(2)16(15-5)9-3-7(13)8(14)4-10(9)17(20)21/h3-4H,1-2H3,(H,18,19). The van der Waals surface area contributed by atoms with Gasteiger partial charge in [0.15, 0.2) is 0 Å². The molecule has 0 bridgehead atoms. The second-order valence-electron chi connectivity index (χ2n) is 4.27. The van der Waals surface area contributed by atoms with Crippen molar-refractivity contribution in [2.24, 2.45) is 0 Å². The summed E-state index contributed by atoms with van der Waals surface area (Å²) in [7, 11) is 0. The summed E-state index contributed by atoms with van der Waals surface area (Å²) in [5.41, 5.74) is -0.102. The molecular weight excluding hydrogens is 396 g/mol. The molecule has 1 aromatic carbocycles. The van der Waals surface area contributed by atoms with Crippen LogP contribution < -0.4 is 0 Å². The van der Waals surface area contributed by atoms with Gasteiger partial charge in [-0.15, -0.1) is 0 Å². The molecule has 21 heavy (non-hydrogen) atoms. The Hall–Kier alpha value is -2.04. The zero-order valence-electron chi connectivity index (χ0n) is 10.9. The van der Waals surface area contributed by atoms with Crippen LogP contribution in [0.3, 0.4) is 0 Å². The number of nitro groups is 1. The minimum atomic E-state index is -1.19. The molecule has 0 fully saturated rings. The van der Waals surface area contributed by atoms with Crippen molar-refractivity contribution in [2.45, 2.75) is 13.8 Å². The minimum absolute atomic E-state index is 0.0525. The summed E-state index contributed by atoms with van der Waals surface area (Å²) in [4.78, 5) is 21.6. The second kappa shape index (κ2) is 5.39. The summed E-state index contributed by atoms with van der Waals surface area (Å²) >= 11 is 1.65. The first kappa shape index (κ1) is 15.4. The van der Waals surface area contributed by atoms with Gasteiger partial charge in [0, 0.05) is 12.1 Å². The van der Waals surface area contributed by atoms with Crippen LogP contribution >= 0.6 is 22.6 Å². The van der Waals surface area contributed by atoms with Gasteiger partial charge < -0.3 is 5.11 Å². The van der Waals surface area contributed by atoms with Crippen LogP contribution in [0.5, 0.6) is 0 Å². The van der Waals surface area contributed by atoms with Crippen LogP contribution in [0.25, 0.3) is 5.69 Å². The fraction of sp³-hybridized carbons (Fsp3) is 0.167. The Labute approximate surface area is 131 Å². The highest BCUT2D eigenvalue weighted by molar-refractivity contribution is 14.1. The monoisotopic (exact) mass is 405 g/mol. The molecule has 2 aromatic rings. The lowest BCUT2D eigenvalue weighted by Gasteiger charge is -2.07. The number of hydrogen-bond donors (Lipinski definition) is 1. The average Bonchev–Trinajstić information content (AvgIpc) is 2.67. The van der Waals surface area contributed by atoms with Gasteiger partial charge >= 0.3 is 5.97 Å². The largest absolute Gasteiger partial charge is 0.478 e. The Balaban J connectivity index is 2.79. The first-order chi connectivity index (χ1) is 9.73. The van der Waals surface area contributed by atoms with Crippen molar-refractivity contribution in [3.05, 3.63) is 48.6 Å². The lowest BCUT2D eigenvalue weighted by molar-refractivity contribution is -0.384. The molecule has 7 nitrogen and oxygen atoms in total. The third-order valence-corrected chi connectivity index (χ3v) is 3.77. The molecule has 0 amide bonds. The van der Waals surface area contributed by atoms with Gasteiger partial charge in [-0.25, -0.2) is 13.9 Å². The van der Waals surface area contributed by atoms with E-state index in [2.05, 4.69) is 5.10 Å². The summed E-state index contributed by atoms with van der Waals surface area (Å²) in [5, 5.41) is 24.2. The summed E-state index contributed by atoms with van der Waals surface area (Å²) in [6, 6.07) is 2.06. The molecule has 0 aliphatic heterocycles. The summed E-state index contributed by atoms with van der Waals surface area (Å²) in [6.45, 7) is 2.94. The van der Waals surface area contributed by atoms with Crippen molar-refractivity contribution in [3.8, 4) is 5.69 Å². The van der Waals surface area contributed by atoms with E-state index in [0.29, 0.717) is 0 Å². The van der Waals surface area contributed by atoms with Crippen molar-refractivity contribution < 1.29 is 19.2 Å². The molecule has 9 heteroatoms. The first-order valence-corrected chi connectivity index (χ1v) is 6.75. The van der Waals surface area contributed by atoms with E-state index in [1.807, 2.05) is 0 Å². The number of nitro benzene ring substituents is 1. The fourth-order valence-corrected chi connectivity index (χ4v) is 2.48. The van der Waals surface area contributed by atoms with Crippen molar-refractivity contribution in [1.29, 1.82) is 0 Å². The van der Waals surface area contributed by atoms with Crippen molar-refractivity contribution in [1.82, 2.24) is 9.78 Å². The normalized spacial score (nSPS) is 10.7. The lowest BCUT2D eigenvalue weighted by atomic mass is 10.2. The molecular formula is C12H9FIN3O4. The van der Waals surface area contributed by atoms with Gasteiger partial charge in [0.05, 0.1) is 19.9 Å². The third-order valence-electron chi connectivity index (χ3n) is 2.95. The summed E-state index contributed by atoms with van der Waals surface area (Å²) in [5.74, 6) is -1.83. The Morgan fingerprint density at radius 1 is 1.48 bits per heavy atom. The highest BCUT2D eigenvalue weighted by Gasteiger charge is 2.25. The number of carboxylic acid groups (broad SMARTS) is 1. The number of benzene rings is 1. The Morgan fingerprint density at radius 2 is 2.10 bits per heavy atom. The van der Waals surface area contributed by atoms with E-state index in [1.54, 1.807) is 22.6 Å². The van der Waals surface area contributed by atoms with E-state index in [1.165, 1.54) is 13.8 Å². The zero-order chi connectivity index (χ0) is 15.9. The molecule has 1 aromatic heterocycles. The third kappa shape index (κ3) is 2.60. The van der Waals surface area contributed by atoms with Crippen LogP contribution in [-0.2, 0) is 0 Å². The van der Waals surface area contributed by atoms with Crippen LogP contribution in [0.2, 0.25) is 0 Å². The number of nitrogens with zero attached hydrogens (tertiary/aromatic N) is 3. The first-order valence-electron chi connectivity index (χ1n) is 5.67. The van der Waals surface area contributed by atoms with E-state index in [-0.39, 0.29) is 31.9 Å². The van der Waals surface area contributed by atoms with E-state index < -0.39 is 16.7 Å². The van der Waals surface area contributed by atoms with Gasteiger partial charge in [-0.2, -0.15) is 5.10 Å². The van der Waals surface area contributed by atoms with Gasteiger partial charge in [0.25, 0.3) is 5.69 Å². The number of halogens is 2. The smallest absolute Gasteiger partial charge is 0.339 e. The fourth-order valence-electron chi connectivity index (χ4n) is 2.03. The Kier molecular flexibility index (Phi) is 3.94. The molecule has 0 radical (unpaired) electrons. The number of rotatable bonds is 3. The van der Waals surface area contributed by atoms with Gasteiger partial charge in [0.2, 0.25) is 0 Å². The SMILES string of the molecule is Cc1nn(-c2cc(F)c(I)cc2[N+](=O)[O-])c(C)c1C(=O)O. The highest BCUT2D eigenvalue weighted by atomic mass is 127. The molecule has 0 atom stereocenters. The average molecular weight is 405 g/mol. The Morgan fingerprint density at radius 3 is 2.57 bits per heavy atom. The predicted molar refractivity (Wildman–Crippen MR) is 79.3 cm³/mol. The second-order valence-corrected chi connectivity index (χ2v) is 5.44. The predicted octanol–water partition coefficient (Wildman–Crippen LogP) is 2.84. The van der Waals surface area contributed by atoms with E-state index in [4.69, 9.17) is 5.11 Å². The van der Waals surface area contributed by atoms with Crippen molar-refractivity contribution in [3.63, 3.8) is 0 Å². The van der Waals surface area contributed by atoms with Gasteiger partial charge in [-0.1, -0.05) is 0 Å². The number of hydrogen-bond acceptors (Lipinski definition) is 4. The van der Waals surface area contributed by atoms with Crippen LogP contribution in [0.15, 0.2) is 12.1 Å². The maximum absolute atomic E-state index is 13.7. The van der Waals surface area contributed by atoms with Crippen molar-refractivity contribution in [2.75, 3.05) is 0 Å². The molecule has 0 spiro atoms. The summed E-state index contributed by atoms with van der Waals surface area (Å²) < 4.78 is 14.9. The lowest BCUT2D eigenvalue weighted by Crippen LogP contribution is -2.06. The topological polar surface area (TPSA) is 98.3 Å². The number of aryl methyl sites for hydroxylation is 1. The van der Waals surface area contributed by atoms with E-state index >= 15 is 0 Å². The maximum atomic E-state index is 13.7. The number of carbonyl (C=O) groups is 1. The van der Waals surface area contributed by atoms with Crippen molar-refractivity contribution >= 4 is 34.2 Å². The number of aromatic nitrogens is 2. The van der Waals surface area contributed by atoms with Gasteiger partial charge in [-0.3, -0.25) is 10.1 Å². The molecule has 110 valence electrons. The number of carboxylic acids is 1. The number of aromatic carboxylic acids is 1. The van der Waals surface area contributed by atoms with E-state index in [0.717, 1.165) is 16.8 Å². The maximum Gasteiger partial charge on any atom is 0.339 e. The molecule has 0 aliphatic carbocycles. The molecule has 1 N–H and O–H groups in total. The molecule has 0 unspecified atom stereocenters. The van der Waals surface area contributed by atoms with E-state index in [9.17, 15) is 19.3 Å². The highest BCUT2D eigenvalue weighted by Crippen LogP contribution is 2.29. The van der Waals surface area contributed by atoms with Crippen LogP contribution in [0.4, 0.5) is 10.1 Å². The van der Waals surface area contributed by atoms with Crippen LogP contribution in [0, 0.1) is 33.3 Å². The van der Waals surface area contributed by atoms with Gasteiger partial charge in [-0.05, 0) is 36.4 Å². The Bertz CT molecular complexity index is 772.